The lowest BCUT2D eigenvalue weighted by atomic mass is 9.87. The average Bonchev–Trinajstić information content (AvgIpc) is 2.83. The van der Waals surface area contributed by atoms with Crippen LogP contribution in [-0.2, 0) is 4.74 Å². The Balaban J connectivity index is 1.84. The molecule has 0 saturated heterocycles. The number of ether oxygens (including phenoxy) is 1. The largest absolute Gasteiger partial charge is 0.444 e. The molecule has 2 bridgehead atoms. The fraction of sp³-hybridized carbons (Fsp3) is 0.688. The van der Waals surface area contributed by atoms with Crippen LogP contribution in [0.1, 0.15) is 40.5 Å². The van der Waals surface area contributed by atoms with Crippen LogP contribution in [0.4, 0.5) is 4.79 Å². The first kappa shape index (κ1) is 14.0. The van der Waals surface area contributed by atoms with Crippen LogP contribution in [0, 0.1) is 29.6 Å². The van der Waals surface area contributed by atoms with Crippen molar-refractivity contribution in [1.29, 1.82) is 0 Å². The van der Waals surface area contributed by atoms with Gasteiger partial charge in [-0.3, -0.25) is 0 Å². The molecule has 1 amide bonds. The molecule has 2 aliphatic rings. The summed E-state index contributed by atoms with van der Waals surface area (Å²) >= 11 is 0. The Hall–Kier alpha value is -1.43. The molecule has 1 fully saturated rings. The summed E-state index contributed by atoms with van der Waals surface area (Å²) in [6, 6.07) is 0. The van der Waals surface area contributed by atoms with E-state index in [9.17, 15) is 4.79 Å². The zero-order valence-corrected chi connectivity index (χ0v) is 12.2. The van der Waals surface area contributed by atoms with Crippen molar-refractivity contribution in [2.75, 3.05) is 6.54 Å². The second-order valence-corrected chi connectivity index (χ2v) is 6.48. The lowest BCUT2D eigenvalue weighted by Crippen LogP contribution is -2.36. The van der Waals surface area contributed by atoms with E-state index in [1.165, 1.54) is 12.0 Å². The van der Waals surface area contributed by atoms with Gasteiger partial charge in [-0.25, -0.2) is 4.79 Å². The van der Waals surface area contributed by atoms with Gasteiger partial charge >= 0.3 is 6.09 Å². The van der Waals surface area contributed by atoms with Crippen molar-refractivity contribution >= 4 is 6.09 Å². The lowest BCUT2D eigenvalue weighted by Gasteiger charge is -2.24. The predicted molar refractivity (Wildman–Crippen MR) is 75.5 cm³/mol. The van der Waals surface area contributed by atoms with Gasteiger partial charge in [-0.15, -0.1) is 5.92 Å². The van der Waals surface area contributed by atoms with E-state index < -0.39 is 5.60 Å². The van der Waals surface area contributed by atoms with E-state index in [0.29, 0.717) is 24.3 Å². The monoisotopic (exact) mass is 261 g/mol. The molecule has 3 atom stereocenters. The van der Waals surface area contributed by atoms with Crippen molar-refractivity contribution in [2.45, 2.75) is 46.1 Å². The maximum atomic E-state index is 11.7. The molecular weight excluding hydrogens is 238 g/mol. The Morgan fingerprint density at radius 3 is 2.79 bits per heavy atom. The van der Waals surface area contributed by atoms with Gasteiger partial charge in [-0.2, -0.15) is 0 Å². The zero-order chi connectivity index (χ0) is 14.0. The highest BCUT2D eigenvalue weighted by molar-refractivity contribution is 5.67. The first-order valence-electron chi connectivity index (χ1n) is 7.00. The Morgan fingerprint density at radius 1 is 1.47 bits per heavy atom. The minimum atomic E-state index is -0.433. The van der Waals surface area contributed by atoms with E-state index >= 15 is 0 Å². The fourth-order valence-corrected chi connectivity index (χ4v) is 3.10. The van der Waals surface area contributed by atoms with Gasteiger partial charge in [0.15, 0.2) is 0 Å². The molecule has 0 aromatic carbocycles. The average molecular weight is 261 g/mol. The number of carbonyl (C=O) groups excluding carboxylic acids is 1. The van der Waals surface area contributed by atoms with Crippen LogP contribution in [0.15, 0.2) is 11.6 Å². The molecule has 0 spiro atoms. The van der Waals surface area contributed by atoms with Crippen molar-refractivity contribution in [3.05, 3.63) is 11.6 Å². The van der Waals surface area contributed by atoms with Gasteiger partial charge in [0.25, 0.3) is 0 Å². The molecular formula is C16H23NO2. The van der Waals surface area contributed by atoms with Crippen LogP contribution in [0.3, 0.4) is 0 Å². The van der Waals surface area contributed by atoms with Crippen molar-refractivity contribution in [3.8, 4) is 11.8 Å². The van der Waals surface area contributed by atoms with Gasteiger partial charge in [0, 0.05) is 12.1 Å². The molecule has 0 aromatic heterocycles. The molecule has 2 aliphatic carbocycles. The number of fused-ring (bicyclic) bond motifs is 2. The smallest absolute Gasteiger partial charge is 0.407 e. The predicted octanol–water partition coefficient (Wildman–Crippen LogP) is 3.12. The zero-order valence-electron chi connectivity index (χ0n) is 12.2. The highest BCUT2D eigenvalue weighted by atomic mass is 16.6. The molecule has 3 nitrogen and oxygen atoms in total. The van der Waals surface area contributed by atoms with E-state index in [2.05, 4.69) is 23.2 Å². The Kier molecular flexibility index (Phi) is 3.89. The summed E-state index contributed by atoms with van der Waals surface area (Å²) in [5.41, 5.74) is 0.840. The van der Waals surface area contributed by atoms with Crippen LogP contribution < -0.4 is 5.32 Å². The summed E-state index contributed by atoms with van der Waals surface area (Å²) in [5.74, 6) is 7.89. The SMILES string of the molecule is CC#CC1=CC2CC(CNC(=O)OC(C)(C)C)C1C2. The van der Waals surface area contributed by atoms with Gasteiger partial charge in [0.05, 0.1) is 0 Å². The van der Waals surface area contributed by atoms with E-state index in [-0.39, 0.29) is 6.09 Å². The molecule has 2 rings (SSSR count). The summed E-state index contributed by atoms with van der Waals surface area (Å²) in [6.07, 6.45) is 4.35. The maximum Gasteiger partial charge on any atom is 0.407 e. The minimum Gasteiger partial charge on any atom is -0.444 e. The number of hydrogen-bond acceptors (Lipinski definition) is 2. The molecule has 0 aliphatic heterocycles. The van der Waals surface area contributed by atoms with Crippen LogP contribution in [0.25, 0.3) is 0 Å². The summed E-state index contributed by atoms with van der Waals surface area (Å²) < 4.78 is 5.26. The van der Waals surface area contributed by atoms with Gasteiger partial charge in [0.1, 0.15) is 5.60 Å². The lowest BCUT2D eigenvalue weighted by molar-refractivity contribution is 0.0516. The fourth-order valence-electron chi connectivity index (χ4n) is 3.10. The second-order valence-electron chi connectivity index (χ2n) is 6.48. The van der Waals surface area contributed by atoms with Crippen molar-refractivity contribution < 1.29 is 9.53 Å². The number of nitrogens with one attached hydrogen (secondary N) is 1. The second kappa shape index (κ2) is 5.28. The first-order chi connectivity index (χ1) is 8.89. The Bertz CT molecular complexity index is 448. The van der Waals surface area contributed by atoms with Gasteiger partial charge in [0.2, 0.25) is 0 Å². The Morgan fingerprint density at radius 2 is 2.21 bits per heavy atom. The molecule has 1 N–H and O–H groups in total. The topological polar surface area (TPSA) is 38.3 Å². The van der Waals surface area contributed by atoms with E-state index in [1.807, 2.05) is 27.7 Å². The first-order valence-corrected chi connectivity index (χ1v) is 7.00. The van der Waals surface area contributed by atoms with Gasteiger partial charge in [-0.1, -0.05) is 12.0 Å². The van der Waals surface area contributed by atoms with Crippen LogP contribution in [-0.4, -0.2) is 18.2 Å². The third kappa shape index (κ3) is 3.53. The molecule has 0 radical (unpaired) electrons. The molecule has 1 saturated carbocycles. The molecule has 19 heavy (non-hydrogen) atoms. The number of allylic oxidation sites excluding steroid dienone is 2. The normalized spacial score (nSPS) is 28.4. The Labute approximate surface area is 115 Å². The molecule has 104 valence electrons. The number of carbonyl (C=O) groups is 1. The molecule has 3 unspecified atom stereocenters. The van der Waals surface area contributed by atoms with Crippen molar-refractivity contribution in [3.63, 3.8) is 0 Å². The quantitative estimate of drug-likeness (QED) is 0.776. The van der Waals surface area contributed by atoms with E-state index in [4.69, 9.17) is 4.74 Å². The minimum absolute atomic E-state index is 0.317. The third-order valence-electron chi connectivity index (χ3n) is 3.72. The highest BCUT2D eigenvalue weighted by Gasteiger charge is 2.40. The number of hydrogen-bond donors (Lipinski definition) is 1. The summed E-state index contributed by atoms with van der Waals surface area (Å²) in [5, 5.41) is 2.89. The van der Waals surface area contributed by atoms with Gasteiger partial charge < -0.3 is 10.1 Å². The molecule has 3 heteroatoms. The third-order valence-corrected chi connectivity index (χ3v) is 3.72. The van der Waals surface area contributed by atoms with E-state index in [0.717, 1.165) is 6.42 Å². The van der Waals surface area contributed by atoms with Crippen molar-refractivity contribution in [1.82, 2.24) is 5.32 Å². The van der Waals surface area contributed by atoms with E-state index in [1.54, 1.807) is 0 Å². The van der Waals surface area contributed by atoms with Crippen molar-refractivity contribution in [2.24, 2.45) is 17.8 Å². The number of amides is 1. The highest BCUT2D eigenvalue weighted by Crippen LogP contribution is 2.47. The molecule has 0 aromatic rings. The standard InChI is InChI=1S/C16H23NO2/c1-5-6-12-7-11-8-13(14(12)9-11)10-17-15(18)19-16(2,3)4/h7,11,13-14H,8-10H2,1-4H3,(H,17,18). The van der Waals surface area contributed by atoms with Gasteiger partial charge in [-0.05, 0) is 58.3 Å². The number of alkyl carbamates (subject to hydrolysis) is 1. The van der Waals surface area contributed by atoms with Crippen LogP contribution >= 0.6 is 0 Å². The van der Waals surface area contributed by atoms with Crippen LogP contribution in [0.2, 0.25) is 0 Å². The number of rotatable bonds is 2. The summed E-state index contributed by atoms with van der Waals surface area (Å²) in [7, 11) is 0. The summed E-state index contributed by atoms with van der Waals surface area (Å²) in [6.45, 7) is 8.20. The maximum absolute atomic E-state index is 11.7. The molecule has 0 heterocycles. The summed E-state index contributed by atoms with van der Waals surface area (Å²) in [4.78, 5) is 11.7. The van der Waals surface area contributed by atoms with Crippen LogP contribution in [0.5, 0.6) is 0 Å².